The largest absolute Gasteiger partial charge is 0.330 e. The summed E-state index contributed by atoms with van der Waals surface area (Å²) in [5.41, 5.74) is 0. The maximum absolute atomic E-state index is 12.0. The van der Waals surface area contributed by atoms with E-state index in [1.807, 2.05) is 0 Å². The van der Waals surface area contributed by atoms with Gasteiger partial charge >= 0.3 is 6.03 Å². The SMILES string of the molecule is CC1C(=O)NC(=O)N(CC(C(C)C)C(C)C)C1=O. The highest BCUT2D eigenvalue weighted by atomic mass is 16.2. The number of rotatable bonds is 4. The second kappa shape index (κ2) is 5.50. The smallest absolute Gasteiger partial charge is 0.277 e. The Kier molecular flexibility index (Phi) is 4.48. The molecule has 0 spiro atoms. The number of hydrogen-bond acceptors (Lipinski definition) is 3. The number of barbiturate groups is 1. The number of nitrogens with zero attached hydrogens (tertiary/aromatic N) is 1. The first-order valence-electron chi connectivity index (χ1n) is 6.41. The van der Waals surface area contributed by atoms with Gasteiger partial charge in [-0.25, -0.2) is 4.79 Å². The minimum atomic E-state index is -0.775. The molecule has 5 nitrogen and oxygen atoms in total. The van der Waals surface area contributed by atoms with Crippen LogP contribution >= 0.6 is 0 Å². The molecule has 0 aromatic rings. The third-order valence-corrected chi connectivity index (χ3v) is 3.61. The van der Waals surface area contributed by atoms with Crippen molar-refractivity contribution in [3.63, 3.8) is 0 Å². The second-order valence-corrected chi connectivity index (χ2v) is 5.62. The van der Waals surface area contributed by atoms with Gasteiger partial charge in [-0.2, -0.15) is 0 Å². The van der Waals surface area contributed by atoms with Crippen molar-refractivity contribution in [3.05, 3.63) is 0 Å². The lowest BCUT2D eigenvalue weighted by Gasteiger charge is -2.34. The van der Waals surface area contributed by atoms with E-state index in [0.29, 0.717) is 18.4 Å². The lowest BCUT2D eigenvalue weighted by atomic mass is 9.85. The minimum Gasteiger partial charge on any atom is -0.277 e. The molecule has 0 aromatic carbocycles. The van der Waals surface area contributed by atoms with Crippen LogP contribution in [0.4, 0.5) is 4.79 Å². The summed E-state index contributed by atoms with van der Waals surface area (Å²) in [5.74, 6) is -0.693. The molecule has 1 N–H and O–H groups in total. The molecule has 18 heavy (non-hydrogen) atoms. The number of urea groups is 1. The van der Waals surface area contributed by atoms with Crippen molar-refractivity contribution < 1.29 is 14.4 Å². The number of carbonyl (C=O) groups is 3. The molecule has 0 aliphatic carbocycles. The molecular weight excluding hydrogens is 232 g/mol. The Morgan fingerprint density at radius 2 is 1.61 bits per heavy atom. The van der Waals surface area contributed by atoms with Gasteiger partial charge in [0.2, 0.25) is 11.8 Å². The quantitative estimate of drug-likeness (QED) is 0.775. The van der Waals surface area contributed by atoms with E-state index >= 15 is 0 Å². The lowest BCUT2D eigenvalue weighted by Crippen LogP contribution is -2.58. The Hall–Kier alpha value is -1.39. The normalized spacial score (nSPS) is 21.2. The van der Waals surface area contributed by atoms with Gasteiger partial charge in [0.05, 0.1) is 0 Å². The standard InChI is InChI=1S/C13H22N2O3/c1-7(2)10(8(3)4)6-15-12(17)9(5)11(16)14-13(15)18/h7-10H,6H2,1-5H3,(H,14,16,18). The predicted octanol–water partition coefficient (Wildman–Crippen LogP) is 1.63. The number of amides is 4. The topological polar surface area (TPSA) is 66.5 Å². The molecule has 0 saturated carbocycles. The number of carbonyl (C=O) groups excluding carboxylic acids is 3. The first kappa shape index (κ1) is 14.7. The van der Waals surface area contributed by atoms with E-state index in [4.69, 9.17) is 0 Å². The van der Waals surface area contributed by atoms with E-state index in [2.05, 4.69) is 33.0 Å². The number of hydrogen-bond donors (Lipinski definition) is 1. The monoisotopic (exact) mass is 254 g/mol. The van der Waals surface area contributed by atoms with Gasteiger partial charge in [0, 0.05) is 6.54 Å². The van der Waals surface area contributed by atoms with Gasteiger partial charge in [-0.15, -0.1) is 0 Å². The molecule has 1 unspecified atom stereocenters. The summed E-state index contributed by atoms with van der Waals surface area (Å²) in [6.45, 7) is 10.2. The van der Waals surface area contributed by atoms with Gasteiger partial charge in [-0.3, -0.25) is 19.8 Å². The maximum atomic E-state index is 12.0. The van der Waals surface area contributed by atoms with Crippen LogP contribution in [0.3, 0.4) is 0 Å². The van der Waals surface area contributed by atoms with Gasteiger partial charge in [0.25, 0.3) is 0 Å². The Balaban J connectivity index is 2.85. The fourth-order valence-electron chi connectivity index (χ4n) is 2.30. The molecular formula is C13H22N2O3. The summed E-state index contributed by atoms with van der Waals surface area (Å²) >= 11 is 0. The molecule has 5 heteroatoms. The molecule has 1 rings (SSSR count). The molecule has 1 saturated heterocycles. The van der Waals surface area contributed by atoms with Crippen LogP contribution in [0.1, 0.15) is 34.6 Å². The molecule has 1 aliphatic heterocycles. The fraction of sp³-hybridized carbons (Fsp3) is 0.769. The zero-order valence-electron chi connectivity index (χ0n) is 11.7. The van der Waals surface area contributed by atoms with E-state index in [0.717, 1.165) is 0 Å². The fourth-order valence-corrected chi connectivity index (χ4v) is 2.30. The van der Waals surface area contributed by atoms with Gasteiger partial charge in [-0.1, -0.05) is 27.7 Å². The van der Waals surface area contributed by atoms with Crippen LogP contribution in [-0.4, -0.2) is 29.3 Å². The van der Waals surface area contributed by atoms with Crippen molar-refractivity contribution in [3.8, 4) is 0 Å². The lowest BCUT2D eigenvalue weighted by molar-refractivity contribution is -0.142. The van der Waals surface area contributed by atoms with Gasteiger partial charge in [0.15, 0.2) is 0 Å². The highest BCUT2D eigenvalue weighted by Gasteiger charge is 2.39. The second-order valence-electron chi connectivity index (χ2n) is 5.62. The van der Waals surface area contributed by atoms with Crippen LogP contribution in [0, 0.1) is 23.7 Å². The van der Waals surface area contributed by atoms with E-state index < -0.39 is 23.8 Å². The Bertz CT molecular complexity index is 355. The average molecular weight is 254 g/mol. The van der Waals surface area contributed by atoms with Crippen LogP contribution in [-0.2, 0) is 9.59 Å². The van der Waals surface area contributed by atoms with Crippen molar-refractivity contribution >= 4 is 17.8 Å². The van der Waals surface area contributed by atoms with E-state index in [1.165, 1.54) is 11.8 Å². The number of nitrogens with one attached hydrogen (secondary N) is 1. The molecule has 0 aromatic heterocycles. The summed E-state index contributed by atoms with van der Waals surface area (Å²) in [7, 11) is 0. The Morgan fingerprint density at radius 1 is 1.11 bits per heavy atom. The first-order chi connectivity index (χ1) is 8.25. The highest BCUT2D eigenvalue weighted by molar-refractivity contribution is 6.15. The maximum Gasteiger partial charge on any atom is 0.330 e. The van der Waals surface area contributed by atoms with Crippen LogP contribution in [0.5, 0.6) is 0 Å². The summed E-state index contributed by atoms with van der Waals surface area (Å²) in [6.07, 6.45) is 0. The van der Waals surface area contributed by atoms with Crippen LogP contribution < -0.4 is 5.32 Å². The van der Waals surface area contributed by atoms with Gasteiger partial charge < -0.3 is 0 Å². The zero-order valence-corrected chi connectivity index (χ0v) is 11.7. The van der Waals surface area contributed by atoms with Crippen molar-refractivity contribution in [1.82, 2.24) is 10.2 Å². The van der Waals surface area contributed by atoms with Crippen molar-refractivity contribution in [2.24, 2.45) is 23.7 Å². The third-order valence-electron chi connectivity index (χ3n) is 3.61. The Labute approximate surface area is 108 Å². The van der Waals surface area contributed by atoms with Gasteiger partial charge in [-0.05, 0) is 24.7 Å². The van der Waals surface area contributed by atoms with Crippen LogP contribution in [0.25, 0.3) is 0 Å². The van der Waals surface area contributed by atoms with E-state index in [1.54, 1.807) is 0 Å². The Morgan fingerprint density at radius 3 is 2.06 bits per heavy atom. The molecule has 0 bridgehead atoms. The third kappa shape index (κ3) is 2.89. The van der Waals surface area contributed by atoms with Crippen LogP contribution in [0.2, 0.25) is 0 Å². The minimum absolute atomic E-state index is 0.236. The summed E-state index contributed by atoms with van der Waals surface area (Å²) in [6, 6.07) is -0.589. The van der Waals surface area contributed by atoms with E-state index in [-0.39, 0.29) is 5.92 Å². The molecule has 102 valence electrons. The molecule has 4 amide bonds. The molecule has 1 heterocycles. The predicted molar refractivity (Wildman–Crippen MR) is 67.6 cm³/mol. The highest BCUT2D eigenvalue weighted by Crippen LogP contribution is 2.23. The van der Waals surface area contributed by atoms with E-state index in [9.17, 15) is 14.4 Å². The summed E-state index contributed by atoms with van der Waals surface area (Å²) in [5, 5.41) is 2.22. The molecule has 1 aliphatic rings. The summed E-state index contributed by atoms with van der Waals surface area (Å²) in [4.78, 5) is 36.2. The van der Waals surface area contributed by atoms with Crippen molar-refractivity contribution in [2.45, 2.75) is 34.6 Å². The van der Waals surface area contributed by atoms with Crippen LogP contribution in [0.15, 0.2) is 0 Å². The molecule has 1 fully saturated rings. The average Bonchev–Trinajstić information content (AvgIpc) is 2.25. The number of imide groups is 2. The first-order valence-corrected chi connectivity index (χ1v) is 6.41. The van der Waals surface area contributed by atoms with Crippen molar-refractivity contribution in [1.29, 1.82) is 0 Å². The zero-order chi connectivity index (χ0) is 14.0. The molecule has 1 atom stereocenters. The van der Waals surface area contributed by atoms with Crippen molar-refractivity contribution in [2.75, 3.05) is 6.54 Å². The van der Waals surface area contributed by atoms with Gasteiger partial charge in [0.1, 0.15) is 5.92 Å². The molecule has 0 radical (unpaired) electrons. The summed E-state index contributed by atoms with van der Waals surface area (Å²) < 4.78 is 0.